The highest BCUT2D eigenvalue weighted by Gasteiger charge is 2.20. The van der Waals surface area contributed by atoms with E-state index < -0.39 is 0 Å². The Balaban J connectivity index is 2.87. The number of phenolic OH excluding ortho intramolecular Hbond substituents is 1. The molecule has 2 rings (SSSR count). The second-order valence-electron chi connectivity index (χ2n) is 8.39. The smallest absolute Gasteiger partial charge is 0.121 e. The molecule has 0 spiro atoms. The van der Waals surface area contributed by atoms with Gasteiger partial charge in [0.15, 0.2) is 0 Å². The average Bonchev–Trinajstić information content (AvgIpc) is 2.60. The molecule has 0 atom stereocenters. The lowest BCUT2D eigenvalue weighted by Crippen LogP contribution is -2.04. The molecule has 0 bridgehead atoms. The third kappa shape index (κ3) is 3.98. The lowest BCUT2D eigenvalue weighted by Gasteiger charge is -2.24. The molecule has 0 unspecified atom stereocenters. The van der Waals surface area contributed by atoms with Crippen molar-refractivity contribution in [2.24, 2.45) is 0 Å². The van der Waals surface area contributed by atoms with Gasteiger partial charge in [-0.2, -0.15) is 0 Å². The molecule has 0 saturated carbocycles. The molecule has 26 heavy (non-hydrogen) atoms. The van der Waals surface area contributed by atoms with Gasteiger partial charge in [0.25, 0.3) is 0 Å². The van der Waals surface area contributed by atoms with Crippen LogP contribution in [0.2, 0.25) is 0 Å². The summed E-state index contributed by atoms with van der Waals surface area (Å²) in [4.78, 5) is 0. The van der Waals surface area contributed by atoms with Crippen LogP contribution >= 0.6 is 0 Å². The maximum Gasteiger partial charge on any atom is 0.121 e. The molecule has 2 aromatic carbocycles. The number of rotatable bonds is 6. The quantitative estimate of drug-likeness (QED) is 0.569. The molecule has 0 aliphatic carbocycles. The summed E-state index contributed by atoms with van der Waals surface area (Å²) in [7, 11) is 0. The number of hydrogen-bond acceptors (Lipinski definition) is 1. The lowest BCUT2D eigenvalue weighted by atomic mass is 9.81. The van der Waals surface area contributed by atoms with Crippen LogP contribution in [0.5, 0.6) is 5.75 Å². The van der Waals surface area contributed by atoms with Crippen LogP contribution in [0, 0.1) is 0 Å². The standard InChI is InChI=1S/C25H36O/c1-9-18-11-21(12-19(10-2)25(18)26)24-22(16(5)6)13-20(15(3)4)14-23(24)17(7)8/h11-17,26H,9-10H2,1-8H3. The van der Waals surface area contributed by atoms with Crippen LogP contribution in [-0.2, 0) is 12.8 Å². The maximum atomic E-state index is 10.5. The van der Waals surface area contributed by atoms with Gasteiger partial charge in [-0.3, -0.25) is 0 Å². The summed E-state index contributed by atoms with van der Waals surface area (Å²) in [5.41, 5.74) is 9.02. The van der Waals surface area contributed by atoms with Gasteiger partial charge in [-0.25, -0.2) is 0 Å². The highest BCUT2D eigenvalue weighted by atomic mass is 16.3. The molecule has 142 valence electrons. The second kappa shape index (κ2) is 8.29. The van der Waals surface area contributed by atoms with E-state index in [1.807, 2.05) is 0 Å². The van der Waals surface area contributed by atoms with E-state index in [2.05, 4.69) is 79.7 Å². The average molecular weight is 353 g/mol. The van der Waals surface area contributed by atoms with Gasteiger partial charge in [0.2, 0.25) is 0 Å². The highest BCUT2D eigenvalue weighted by molar-refractivity contribution is 5.75. The zero-order valence-electron chi connectivity index (χ0n) is 17.9. The van der Waals surface area contributed by atoms with Crippen molar-refractivity contribution in [1.82, 2.24) is 0 Å². The van der Waals surface area contributed by atoms with Crippen molar-refractivity contribution in [2.75, 3.05) is 0 Å². The molecule has 0 heterocycles. The van der Waals surface area contributed by atoms with Crippen LogP contribution in [0.1, 0.15) is 101 Å². The molecule has 0 saturated heterocycles. The van der Waals surface area contributed by atoms with E-state index in [4.69, 9.17) is 0 Å². The number of aromatic hydroxyl groups is 1. The van der Waals surface area contributed by atoms with E-state index in [0.717, 1.165) is 24.0 Å². The molecule has 0 aliphatic rings. The van der Waals surface area contributed by atoms with Crippen molar-refractivity contribution in [2.45, 2.75) is 86.0 Å². The van der Waals surface area contributed by atoms with E-state index in [-0.39, 0.29) is 0 Å². The molecule has 0 aliphatic heterocycles. The van der Waals surface area contributed by atoms with Crippen molar-refractivity contribution in [1.29, 1.82) is 0 Å². The van der Waals surface area contributed by atoms with Crippen LogP contribution in [0.4, 0.5) is 0 Å². The van der Waals surface area contributed by atoms with Crippen LogP contribution in [-0.4, -0.2) is 5.11 Å². The van der Waals surface area contributed by atoms with Crippen LogP contribution in [0.25, 0.3) is 11.1 Å². The molecule has 1 nitrogen and oxygen atoms in total. The summed E-state index contributed by atoms with van der Waals surface area (Å²) < 4.78 is 0. The van der Waals surface area contributed by atoms with E-state index in [9.17, 15) is 5.11 Å². The largest absolute Gasteiger partial charge is 0.507 e. The number of benzene rings is 2. The number of phenols is 1. The van der Waals surface area contributed by atoms with E-state index >= 15 is 0 Å². The molecule has 1 heteroatoms. The Bertz CT molecular complexity index is 712. The summed E-state index contributed by atoms with van der Waals surface area (Å²) in [6.07, 6.45) is 1.70. The van der Waals surface area contributed by atoms with Crippen molar-refractivity contribution in [3.63, 3.8) is 0 Å². The van der Waals surface area contributed by atoms with Crippen molar-refractivity contribution >= 4 is 0 Å². The van der Waals surface area contributed by atoms with Crippen molar-refractivity contribution in [3.05, 3.63) is 52.1 Å². The summed E-state index contributed by atoms with van der Waals surface area (Å²) in [6, 6.07) is 9.22. The topological polar surface area (TPSA) is 20.2 Å². The molecule has 0 fully saturated rings. The maximum absolute atomic E-state index is 10.5. The van der Waals surface area contributed by atoms with Gasteiger partial charge in [-0.1, -0.05) is 67.5 Å². The van der Waals surface area contributed by atoms with E-state index in [1.165, 1.54) is 27.8 Å². The third-order valence-corrected chi connectivity index (χ3v) is 5.45. The molecular weight excluding hydrogens is 316 g/mol. The predicted octanol–water partition coefficient (Wildman–Crippen LogP) is 7.55. The molecule has 0 aromatic heterocycles. The first-order chi connectivity index (χ1) is 12.2. The molecule has 1 N–H and O–H groups in total. The Morgan fingerprint density at radius 1 is 0.692 bits per heavy atom. The normalized spacial score (nSPS) is 11.8. The fourth-order valence-corrected chi connectivity index (χ4v) is 3.73. The Hall–Kier alpha value is -1.76. The predicted molar refractivity (Wildman–Crippen MR) is 115 cm³/mol. The first-order valence-electron chi connectivity index (χ1n) is 10.2. The van der Waals surface area contributed by atoms with Crippen molar-refractivity contribution < 1.29 is 5.11 Å². The van der Waals surface area contributed by atoms with Gasteiger partial charge in [0.05, 0.1) is 0 Å². The zero-order valence-corrected chi connectivity index (χ0v) is 17.9. The van der Waals surface area contributed by atoms with Gasteiger partial charge in [-0.05, 0) is 81.7 Å². The summed E-state index contributed by atoms with van der Waals surface area (Å²) >= 11 is 0. The Morgan fingerprint density at radius 2 is 1.12 bits per heavy atom. The SMILES string of the molecule is CCc1cc(-c2c(C(C)C)cc(C(C)C)cc2C(C)C)cc(CC)c1O. The van der Waals surface area contributed by atoms with Gasteiger partial charge >= 0.3 is 0 Å². The summed E-state index contributed by atoms with van der Waals surface area (Å²) in [6.45, 7) is 17.9. The fourth-order valence-electron chi connectivity index (χ4n) is 3.73. The highest BCUT2D eigenvalue weighted by Crippen LogP contribution is 2.41. The second-order valence-corrected chi connectivity index (χ2v) is 8.39. The lowest BCUT2D eigenvalue weighted by molar-refractivity contribution is 0.462. The number of aryl methyl sites for hydroxylation is 2. The Morgan fingerprint density at radius 3 is 1.42 bits per heavy atom. The minimum absolute atomic E-state index is 0.463. The molecule has 2 aromatic rings. The molecule has 0 amide bonds. The van der Waals surface area contributed by atoms with Crippen molar-refractivity contribution in [3.8, 4) is 16.9 Å². The first kappa shape index (κ1) is 20.6. The third-order valence-electron chi connectivity index (χ3n) is 5.45. The van der Waals surface area contributed by atoms with E-state index in [0.29, 0.717) is 23.5 Å². The summed E-state index contributed by atoms with van der Waals surface area (Å²) in [5, 5.41) is 10.5. The minimum Gasteiger partial charge on any atom is -0.507 e. The number of hydrogen-bond donors (Lipinski definition) is 1. The van der Waals surface area contributed by atoms with Crippen LogP contribution < -0.4 is 0 Å². The van der Waals surface area contributed by atoms with Gasteiger partial charge < -0.3 is 5.11 Å². The molecular formula is C25H36O. The molecule has 0 radical (unpaired) electrons. The van der Waals surface area contributed by atoms with Crippen LogP contribution in [0.3, 0.4) is 0 Å². The van der Waals surface area contributed by atoms with Gasteiger partial charge in [0.1, 0.15) is 5.75 Å². The summed E-state index contributed by atoms with van der Waals surface area (Å²) in [5.74, 6) is 1.93. The van der Waals surface area contributed by atoms with Crippen LogP contribution in [0.15, 0.2) is 24.3 Å². The Labute approximate surface area is 160 Å². The van der Waals surface area contributed by atoms with Gasteiger partial charge in [-0.15, -0.1) is 0 Å². The van der Waals surface area contributed by atoms with E-state index in [1.54, 1.807) is 0 Å². The van der Waals surface area contributed by atoms with Gasteiger partial charge in [0, 0.05) is 0 Å². The monoisotopic (exact) mass is 352 g/mol. The Kier molecular flexibility index (Phi) is 6.55. The first-order valence-corrected chi connectivity index (χ1v) is 10.2. The zero-order chi connectivity index (χ0) is 19.6. The fraction of sp³-hybridized carbons (Fsp3) is 0.520. The minimum atomic E-state index is 0.463.